The van der Waals surface area contributed by atoms with E-state index in [1.165, 1.54) is 24.2 Å². The van der Waals surface area contributed by atoms with E-state index in [4.69, 9.17) is 5.73 Å². The second kappa shape index (κ2) is 4.93. The van der Waals surface area contributed by atoms with Crippen LogP contribution in [0.5, 0.6) is 0 Å². The molecule has 0 aliphatic heterocycles. The largest absolute Gasteiger partial charge is 0.381 e. The molecule has 3 N–H and O–H groups in total. The summed E-state index contributed by atoms with van der Waals surface area (Å²) in [4.78, 5) is 3.69. The Morgan fingerprint density at radius 3 is 2.69 bits per heavy atom. The van der Waals surface area contributed by atoms with Crippen LogP contribution in [0.15, 0.2) is 11.4 Å². The topological polar surface area (TPSA) is 107 Å². The first-order valence-corrected chi connectivity index (χ1v) is 7.62. The summed E-state index contributed by atoms with van der Waals surface area (Å²) in [7, 11) is -3.18. The van der Waals surface area contributed by atoms with Crippen LogP contribution in [-0.4, -0.2) is 40.7 Å². The van der Waals surface area contributed by atoms with Crippen LogP contribution in [0.25, 0.3) is 0 Å². The number of anilines is 1. The Morgan fingerprint density at radius 2 is 2.25 bits per heavy atom. The summed E-state index contributed by atoms with van der Waals surface area (Å²) in [6.07, 6.45) is 2.83. The summed E-state index contributed by atoms with van der Waals surface area (Å²) in [6.45, 7) is 0.107. The molecule has 16 heavy (non-hydrogen) atoms. The maximum Gasteiger partial charge on any atom is 0.260 e. The first kappa shape index (κ1) is 13.1. The molecular weight excluding hydrogens is 252 g/mol. The molecule has 0 aliphatic carbocycles. The highest BCUT2D eigenvalue weighted by atomic mass is 32.2. The van der Waals surface area contributed by atoms with Crippen molar-refractivity contribution in [2.45, 2.75) is 5.03 Å². The van der Waals surface area contributed by atoms with Crippen LogP contribution in [0.1, 0.15) is 0 Å². The van der Waals surface area contributed by atoms with Gasteiger partial charge in [-0.05, 0) is 0 Å². The molecule has 9 heteroatoms. The van der Waals surface area contributed by atoms with Crippen LogP contribution >= 0.6 is 0 Å². The normalized spacial score (nSPS) is 13.9. The van der Waals surface area contributed by atoms with Gasteiger partial charge in [-0.1, -0.05) is 0 Å². The number of imidazole rings is 1. The number of aromatic nitrogens is 2. The zero-order valence-electron chi connectivity index (χ0n) is 9.00. The number of nitrogen functional groups attached to an aromatic ring is 1. The van der Waals surface area contributed by atoms with E-state index in [2.05, 4.69) is 9.71 Å². The Labute approximate surface area is 96.6 Å². The molecule has 1 unspecified atom stereocenters. The predicted molar refractivity (Wildman–Crippen MR) is 61.7 cm³/mol. The average Bonchev–Trinajstić information content (AvgIpc) is 2.45. The van der Waals surface area contributed by atoms with Crippen molar-refractivity contribution < 1.29 is 12.6 Å². The molecule has 0 fully saturated rings. The molecule has 7 nitrogen and oxygen atoms in total. The van der Waals surface area contributed by atoms with Gasteiger partial charge in [0, 0.05) is 36.4 Å². The van der Waals surface area contributed by atoms with E-state index in [9.17, 15) is 12.6 Å². The summed E-state index contributed by atoms with van der Waals surface area (Å²) in [5, 5.41) is -0.0746. The number of hydrogen-bond acceptors (Lipinski definition) is 5. The van der Waals surface area contributed by atoms with Crippen molar-refractivity contribution in [3.63, 3.8) is 0 Å². The second-order valence-electron chi connectivity index (χ2n) is 3.22. The fraction of sp³-hybridized carbons (Fsp3) is 0.571. The Morgan fingerprint density at radius 1 is 1.62 bits per heavy atom. The molecule has 0 radical (unpaired) electrons. The fourth-order valence-electron chi connectivity index (χ4n) is 1.15. The van der Waals surface area contributed by atoms with Gasteiger partial charge in [0.15, 0.2) is 10.8 Å². The summed E-state index contributed by atoms with van der Waals surface area (Å²) < 4.78 is 37.9. The molecule has 1 aromatic heterocycles. The number of aryl methyl sites for hydroxylation is 1. The van der Waals surface area contributed by atoms with Gasteiger partial charge in [-0.3, -0.25) is 4.21 Å². The number of nitrogens with one attached hydrogen (secondary N) is 1. The Kier molecular flexibility index (Phi) is 4.05. The minimum absolute atomic E-state index is 0.0485. The highest BCUT2D eigenvalue weighted by molar-refractivity contribution is 7.89. The zero-order valence-corrected chi connectivity index (χ0v) is 10.6. The molecule has 0 aromatic carbocycles. The molecule has 0 saturated carbocycles. The molecule has 0 saturated heterocycles. The molecule has 1 rings (SSSR count). The molecule has 0 spiro atoms. The van der Waals surface area contributed by atoms with Crippen molar-refractivity contribution in [1.29, 1.82) is 0 Å². The van der Waals surface area contributed by atoms with E-state index in [-0.39, 0.29) is 23.1 Å². The van der Waals surface area contributed by atoms with Crippen molar-refractivity contribution in [1.82, 2.24) is 14.3 Å². The van der Waals surface area contributed by atoms with Gasteiger partial charge in [-0.25, -0.2) is 18.1 Å². The van der Waals surface area contributed by atoms with Crippen LogP contribution in [0, 0.1) is 0 Å². The summed E-state index contributed by atoms with van der Waals surface area (Å²) in [6, 6.07) is 0. The van der Waals surface area contributed by atoms with Crippen LogP contribution in [0.3, 0.4) is 0 Å². The molecule has 92 valence electrons. The lowest BCUT2D eigenvalue weighted by molar-refractivity contribution is 0.574. The van der Waals surface area contributed by atoms with Crippen molar-refractivity contribution >= 4 is 26.6 Å². The van der Waals surface area contributed by atoms with Gasteiger partial charge < -0.3 is 10.3 Å². The van der Waals surface area contributed by atoms with Crippen LogP contribution in [0.2, 0.25) is 0 Å². The van der Waals surface area contributed by atoms with Gasteiger partial charge >= 0.3 is 0 Å². The third kappa shape index (κ3) is 3.03. The number of hydrogen-bond donors (Lipinski definition) is 2. The van der Waals surface area contributed by atoms with Gasteiger partial charge in [-0.15, -0.1) is 0 Å². The lowest BCUT2D eigenvalue weighted by atomic mass is 10.8. The SMILES string of the molecule is Cn1cnc(N)c1S(=O)(=O)NCCS(C)=O. The van der Waals surface area contributed by atoms with Gasteiger partial charge in [-0.2, -0.15) is 0 Å². The summed E-state index contributed by atoms with van der Waals surface area (Å²) in [5.74, 6) is 0.212. The number of rotatable bonds is 5. The minimum Gasteiger partial charge on any atom is -0.381 e. The Bertz CT molecular complexity index is 474. The molecule has 1 aromatic rings. The van der Waals surface area contributed by atoms with E-state index < -0.39 is 20.8 Å². The maximum absolute atomic E-state index is 11.8. The van der Waals surface area contributed by atoms with Crippen LogP contribution in [-0.2, 0) is 27.9 Å². The first-order chi connectivity index (χ1) is 7.34. The van der Waals surface area contributed by atoms with Crippen molar-refractivity contribution in [3.8, 4) is 0 Å². The minimum atomic E-state index is -3.68. The predicted octanol–water partition coefficient (Wildman–Crippen LogP) is -1.34. The number of nitrogens with zero attached hydrogens (tertiary/aromatic N) is 2. The monoisotopic (exact) mass is 266 g/mol. The quantitative estimate of drug-likeness (QED) is 0.686. The average molecular weight is 266 g/mol. The highest BCUT2D eigenvalue weighted by Crippen LogP contribution is 2.14. The van der Waals surface area contributed by atoms with Gasteiger partial charge in [0.05, 0.1) is 6.33 Å². The third-order valence-corrected chi connectivity index (χ3v) is 4.22. The standard InChI is InChI=1S/C7H14N4O3S2/c1-11-5-9-6(8)7(11)16(13,14)10-3-4-15(2)12/h5,10H,3-4,8H2,1-2H3. The van der Waals surface area contributed by atoms with Crippen LogP contribution < -0.4 is 10.5 Å². The van der Waals surface area contributed by atoms with Gasteiger partial charge in [0.1, 0.15) is 0 Å². The smallest absolute Gasteiger partial charge is 0.260 e. The fourth-order valence-corrected chi connectivity index (χ4v) is 2.93. The number of nitrogens with two attached hydrogens (primary N) is 1. The zero-order chi connectivity index (χ0) is 12.3. The molecule has 0 aliphatic rings. The van der Waals surface area contributed by atoms with E-state index in [1.54, 1.807) is 0 Å². The maximum atomic E-state index is 11.8. The molecule has 1 heterocycles. The van der Waals surface area contributed by atoms with Gasteiger partial charge in [0.25, 0.3) is 10.0 Å². The summed E-state index contributed by atoms with van der Waals surface area (Å²) in [5.41, 5.74) is 5.45. The lowest BCUT2D eigenvalue weighted by Gasteiger charge is -2.06. The summed E-state index contributed by atoms with van der Waals surface area (Å²) >= 11 is 0. The second-order valence-corrected chi connectivity index (χ2v) is 6.46. The molecule has 1 atom stereocenters. The Balaban J connectivity index is 2.83. The van der Waals surface area contributed by atoms with E-state index in [1.807, 2.05) is 0 Å². The van der Waals surface area contributed by atoms with E-state index in [0.717, 1.165) is 0 Å². The van der Waals surface area contributed by atoms with Crippen molar-refractivity contribution in [2.24, 2.45) is 7.05 Å². The van der Waals surface area contributed by atoms with Crippen LogP contribution in [0.4, 0.5) is 5.82 Å². The van der Waals surface area contributed by atoms with Crippen molar-refractivity contribution in [2.75, 3.05) is 24.3 Å². The first-order valence-electron chi connectivity index (χ1n) is 4.41. The van der Waals surface area contributed by atoms with E-state index >= 15 is 0 Å². The van der Waals surface area contributed by atoms with Gasteiger partial charge in [0.2, 0.25) is 0 Å². The highest BCUT2D eigenvalue weighted by Gasteiger charge is 2.21. The third-order valence-electron chi connectivity index (χ3n) is 1.85. The Hall–Kier alpha value is -0.930. The van der Waals surface area contributed by atoms with Crippen molar-refractivity contribution in [3.05, 3.63) is 6.33 Å². The molecular formula is C7H14N4O3S2. The molecule has 0 amide bonds. The van der Waals surface area contributed by atoms with E-state index in [0.29, 0.717) is 0 Å². The number of sulfonamides is 1. The molecule has 0 bridgehead atoms. The lowest BCUT2D eigenvalue weighted by Crippen LogP contribution is -2.29.